The fourth-order valence-electron chi connectivity index (χ4n) is 1.85. The quantitative estimate of drug-likeness (QED) is 0.510. The zero-order valence-corrected chi connectivity index (χ0v) is 9.93. The first-order valence-electron chi connectivity index (χ1n) is 5.61. The molecule has 0 amide bonds. The van der Waals surface area contributed by atoms with Crippen LogP contribution in [-0.2, 0) is 13.5 Å². The first-order valence-corrected chi connectivity index (χ1v) is 5.61. The molecule has 0 radical (unpaired) electrons. The zero-order chi connectivity index (χ0) is 10.6. The van der Waals surface area contributed by atoms with Crippen LogP contribution in [0.3, 0.4) is 0 Å². The van der Waals surface area contributed by atoms with E-state index in [1.54, 1.807) is 0 Å². The molecule has 0 aliphatic rings. The van der Waals surface area contributed by atoms with Crippen molar-refractivity contribution in [3.63, 3.8) is 0 Å². The normalized spacial score (nSPS) is 10.6. The van der Waals surface area contributed by atoms with Crippen LogP contribution in [0.4, 0.5) is 0 Å². The number of aryl methyl sites for hydroxylation is 3. The summed E-state index contributed by atoms with van der Waals surface area (Å²) >= 11 is 0. The van der Waals surface area contributed by atoms with Gasteiger partial charge >= 0.3 is 0 Å². The van der Waals surface area contributed by atoms with Gasteiger partial charge in [-0.3, -0.25) is 0 Å². The molecular formula is C13H22N+. The monoisotopic (exact) mass is 192 g/mol. The molecule has 0 aliphatic heterocycles. The Morgan fingerprint density at radius 1 is 1.14 bits per heavy atom. The van der Waals surface area contributed by atoms with Crippen LogP contribution in [0.5, 0.6) is 0 Å². The molecule has 1 aromatic heterocycles. The van der Waals surface area contributed by atoms with E-state index in [-0.39, 0.29) is 0 Å². The number of hydrogen-bond acceptors (Lipinski definition) is 0. The predicted octanol–water partition coefficient (Wildman–Crippen LogP) is 2.86. The minimum absolute atomic E-state index is 1.22. The second-order valence-electron chi connectivity index (χ2n) is 4.18. The molecule has 1 aromatic rings. The smallest absolute Gasteiger partial charge is 0.181 e. The van der Waals surface area contributed by atoms with Gasteiger partial charge < -0.3 is 0 Å². The topological polar surface area (TPSA) is 3.88 Å². The summed E-state index contributed by atoms with van der Waals surface area (Å²) in [7, 11) is 2.16. The summed E-state index contributed by atoms with van der Waals surface area (Å²) in [5.41, 5.74) is 4.21. The summed E-state index contributed by atoms with van der Waals surface area (Å²) in [5, 5.41) is 0. The maximum absolute atomic E-state index is 2.31. The summed E-state index contributed by atoms with van der Waals surface area (Å²) in [6.45, 7) is 6.61. The van der Waals surface area contributed by atoms with E-state index in [0.717, 1.165) is 0 Å². The van der Waals surface area contributed by atoms with Crippen LogP contribution in [-0.4, -0.2) is 0 Å². The van der Waals surface area contributed by atoms with Crippen LogP contribution >= 0.6 is 0 Å². The minimum atomic E-state index is 1.22. The summed E-state index contributed by atoms with van der Waals surface area (Å²) in [4.78, 5) is 0. The highest BCUT2D eigenvalue weighted by Gasteiger charge is 2.09. The van der Waals surface area contributed by atoms with Crippen molar-refractivity contribution in [2.24, 2.45) is 7.05 Å². The van der Waals surface area contributed by atoms with Gasteiger partial charge in [-0.1, -0.05) is 19.8 Å². The molecule has 0 N–H and O–H groups in total. The summed E-state index contributed by atoms with van der Waals surface area (Å²) in [6.07, 6.45) is 5.17. The first kappa shape index (κ1) is 11.2. The Morgan fingerprint density at radius 3 is 2.50 bits per heavy atom. The Labute approximate surface area is 87.8 Å². The third-order valence-electron chi connectivity index (χ3n) is 2.83. The summed E-state index contributed by atoms with van der Waals surface area (Å²) in [5.74, 6) is 0. The number of hydrogen-bond donors (Lipinski definition) is 0. The van der Waals surface area contributed by atoms with Gasteiger partial charge in [-0.25, -0.2) is 4.57 Å². The van der Waals surface area contributed by atoms with Gasteiger partial charge in [0.1, 0.15) is 7.05 Å². The lowest BCUT2D eigenvalue weighted by atomic mass is 10.1. The van der Waals surface area contributed by atoms with E-state index in [1.165, 1.54) is 42.6 Å². The molecule has 0 saturated carbocycles. The molecule has 1 rings (SSSR count). The number of aromatic nitrogens is 1. The van der Waals surface area contributed by atoms with Crippen molar-refractivity contribution in [1.82, 2.24) is 0 Å². The van der Waals surface area contributed by atoms with Crippen LogP contribution in [0.15, 0.2) is 12.1 Å². The molecule has 0 unspecified atom stereocenters. The molecule has 0 saturated heterocycles. The van der Waals surface area contributed by atoms with Gasteiger partial charge in [-0.15, -0.1) is 0 Å². The average Bonchev–Trinajstić information content (AvgIpc) is 2.13. The molecule has 0 aromatic carbocycles. The highest BCUT2D eigenvalue weighted by Crippen LogP contribution is 2.06. The van der Waals surface area contributed by atoms with Crippen molar-refractivity contribution >= 4 is 0 Å². The standard InChI is InChI=1S/C13H22N/c1-5-6-7-8-13-10-11(2)9-12(3)14(13)4/h9-10H,5-8H2,1-4H3/q+1. The Balaban J connectivity index is 2.75. The number of rotatable bonds is 4. The second kappa shape index (κ2) is 5.14. The Bertz CT molecular complexity index is 302. The molecule has 0 spiro atoms. The molecule has 0 aliphatic carbocycles. The number of pyridine rings is 1. The van der Waals surface area contributed by atoms with E-state index in [2.05, 4.69) is 44.5 Å². The molecule has 1 heteroatoms. The third-order valence-corrected chi connectivity index (χ3v) is 2.83. The molecule has 0 fully saturated rings. The van der Waals surface area contributed by atoms with Crippen molar-refractivity contribution in [3.05, 3.63) is 29.1 Å². The molecule has 1 heterocycles. The van der Waals surface area contributed by atoms with Gasteiger partial charge in [-0.2, -0.15) is 0 Å². The van der Waals surface area contributed by atoms with Gasteiger partial charge in [0, 0.05) is 25.5 Å². The Hall–Kier alpha value is -0.850. The van der Waals surface area contributed by atoms with E-state index >= 15 is 0 Å². The van der Waals surface area contributed by atoms with Crippen LogP contribution in [0.1, 0.15) is 43.1 Å². The fraction of sp³-hybridized carbons (Fsp3) is 0.615. The van der Waals surface area contributed by atoms with Crippen LogP contribution in [0.2, 0.25) is 0 Å². The van der Waals surface area contributed by atoms with Crippen molar-refractivity contribution in [2.75, 3.05) is 0 Å². The van der Waals surface area contributed by atoms with Gasteiger partial charge in [0.2, 0.25) is 0 Å². The lowest BCUT2D eigenvalue weighted by Crippen LogP contribution is -2.37. The zero-order valence-electron chi connectivity index (χ0n) is 9.93. The van der Waals surface area contributed by atoms with Gasteiger partial charge in [-0.05, 0) is 18.9 Å². The predicted molar refractivity (Wildman–Crippen MR) is 60.3 cm³/mol. The van der Waals surface area contributed by atoms with Crippen LogP contribution < -0.4 is 4.57 Å². The number of nitrogens with zero attached hydrogens (tertiary/aromatic N) is 1. The minimum Gasteiger partial charge on any atom is -0.203 e. The SMILES string of the molecule is CCCCCc1cc(C)cc(C)[n+]1C. The fourth-order valence-corrected chi connectivity index (χ4v) is 1.85. The van der Waals surface area contributed by atoms with E-state index in [1.807, 2.05) is 0 Å². The van der Waals surface area contributed by atoms with Crippen molar-refractivity contribution in [2.45, 2.75) is 46.5 Å². The molecule has 78 valence electrons. The van der Waals surface area contributed by atoms with Crippen molar-refractivity contribution in [1.29, 1.82) is 0 Å². The average molecular weight is 192 g/mol. The van der Waals surface area contributed by atoms with Gasteiger partial charge in [0.15, 0.2) is 11.4 Å². The number of unbranched alkanes of at least 4 members (excludes halogenated alkanes) is 2. The molecular weight excluding hydrogens is 170 g/mol. The van der Waals surface area contributed by atoms with Crippen LogP contribution in [0.25, 0.3) is 0 Å². The molecule has 14 heavy (non-hydrogen) atoms. The molecule has 1 nitrogen and oxygen atoms in total. The second-order valence-corrected chi connectivity index (χ2v) is 4.18. The van der Waals surface area contributed by atoms with E-state index in [4.69, 9.17) is 0 Å². The lowest BCUT2D eigenvalue weighted by molar-refractivity contribution is -0.685. The highest BCUT2D eigenvalue weighted by molar-refractivity contribution is 5.14. The first-order chi connectivity index (χ1) is 6.65. The maximum atomic E-state index is 2.31. The van der Waals surface area contributed by atoms with Gasteiger partial charge in [0.25, 0.3) is 0 Å². The molecule has 0 bridgehead atoms. The van der Waals surface area contributed by atoms with E-state index < -0.39 is 0 Å². The lowest BCUT2D eigenvalue weighted by Gasteiger charge is -2.03. The summed E-state index contributed by atoms with van der Waals surface area (Å²) < 4.78 is 2.31. The van der Waals surface area contributed by atoms with Crippen LogP contribution in [0, 0.1) is 13.8 Å². The van der Waals surface area contributed by atoms with Crippen molar-refractivity contribution < 1.29 is 4.57 Å². The maximum Gasteiger partial charge on any atom is 0.181 e. The largest absolute Gasteiger partial charge is 0.203 e. The highest BCUT2D eigenvalue weighted by atomic mass is 14.9. The third kappa shape index (κ3) is 2.83. The Morgan fingerprint density at radius 2 is 1.86 bits per heavy atom. The van der Waals surface area contributed by atoms with E-state index in [0.29, 0.717) is 0 Å². The van der Waals surface area contributed by atoms with Crippen molar-refractivity contribution in [3.8, 4) is 0 Å². The molecule has 0 atom stereocenters. The Kier molecular flexibility index (Phi) is 4.12. The summed E-state index contributed by atoms with van der Waals surface area (Å²) in [6, 6.07) is 4.55. The van der Waals surface area contributed by atoms with E-state index in [9.17, 15) is 0 Å². The van der Waals surface area contributed by atoms with Gasteiger partial charge in [0.05, 0.1) is 0 Å².